The van der Waals surface area contributed by atoms with Crippen LogP contribution >= 0.6 is 0 Å². The van der Waals surface area contributed by atoms with E-state index in [2.05, 4.69) is 10.3 Å². The van der Waals surface area contributed by atoms with Crippen molar-refractivity contribution in [1.29, 1.82) is 0 Å². The molecule has 1 amide bonds. The second-order valence-electron chi connectivity index (χ2n) is 5.73. The van der Waals surface area contributed by atoms with Crippen molar-refractivity contribution in [3.8, 4) is 0 Å². The number of hydrogen-bond donors (Lipinski definition) is 2. The third kappa shape index (κ3) is 2.95. The van der Waals surface area contributed by atoms with Crippen molar-refractivity contribution in [3.05, 3.63) is 35.3 Å². The van der Waals surface area contributed by atoms with E-state index < -0.39 is 17.9 Å². The fourth-order valence-corrected chi connectivity index (χ4v) is 2.41. The van der Waals surface area contributed by atoms with Gasteiger partial charge in [-0.15, -0.1) is 0 Å². The van der Waals surface area contributed by atoms with Gasteiger partial charge in [-0.2, -0.15) is 0 Å². The summed E-state index contributed by atoms with van der Waals surface area (Å²) in [7, 11) is 0. The van der Waals surface area contributed by atoms with Crippen LogP contribution in [0.1, 0.15) is 42.5 Å². The summed E-state index contributed by atoms with van der Waals surface area (Å²) in [6.07, 6.45) is 2.43. The summed E-state index contributed by atoms with van der Waals surface area (Å²) >= 11 is 0. The van der Waals surface area contributed by atoms with Gasteiger partial charge in [0.05, 0.1) is 5.69 Å². The number of imidazole rings is 1. The number of pyridine rings is 1. The number of hydrogen-bond acceptors (Lipinski definition) is 3. The number of rotatable bonds is 5. The van der Waals surface area contributed by atoms with Crippen LogP contribution in [0.2, 0.25) is 0 Å². The molecular weight excluding hydrogens is 282 g/mol. The molecule has 0 aromatic carbocycles. The molecule has 0 bridgehead atoms. The molecule has 2 aromatic heterocycles. The molecule has 0 saturated heterocycles. The molecular formula is C16H21N3O3. The maximum absolute atomic E-state index is 12.6. The summed E-state index contributed by atoms with van der Waals surface area (Å²) < 4.78 is 1.72. The van der Waals surface area contributed by atoms with Gasteiger partial charge in [-0.05, 0) is 30.9 Å². The molecule has 2 heterocycles. The highest BCUT2D eigenvalue weighted by Crippen LogP contribution is 2.15. The highest BCUT2D eigenvalue weighted by atomic mass is 16.4. The van der Waals surface area contributed by atoms with Crippen molar-refractivity contribution < 1.29 is 14.7 Å². The van der Waals surface area contributed by atoms with E-state index in [1.807, 2.05) is 32.2 Å². The van der Waals surface area contributed by atoms with E-state index in [-0.39, 0.29) is 5.92 Å². The Balaban J connectivity index is 2.46. The zero-order valence-corrected chi connectivity index (χ0v) is 13.3. The highest BCUT2D eigenvalue weighted by Gasteiger charge is 2.27. The molecule has 1 unspecified atom stereocenters. The predicted octanol–water partition coefficient (Wildman–Crippen LogP) is 2.04. The van der Waals surface area contributed by atoms with Crippen LogP contribution in [0.25, 0.3) is 5.65 Å². The van der Waals surface area contributed by atoms with Gasteiger partial charge < -0.3 is 10.4 Å². The largest absolute Gasteiger partial charge is 0.480 e. The molecule has 1 atom stereocenters. The Hall–Kier alpha value is -2.37. The van der Waals surface area contributed by atoms with E-state index in [0.717, 1.165) is 5.56 Å². The molecule has 22 heavy (non-hydrogen) atoms. The number of amides is 1. The minimum atomic E-state index is -1.04. The Bertz CT molecular complexity index is 719. The van der Waals surface area contributed by atoms with Gasteiger partial charge in [0.1, 0.15) is 17.4 Å². The summed E-state index contributed by atoms with van der Waals surface area (Å²) in [6.45, 7) is 7.38. The number of nitrogens with one attached hydrogen (secondary N) is 1. The highest BCUT2D eigenvalue weighted by molar-refractivity contribution is 5.97. The zero-order chi connectivity index (χ0) is 16.4. The van der Waals surface area contributed by atoms with Crippen molar-refractivity contribution in [1.82, 2.24) is 14.7 Å². The standard InChI is InChI=1S/C16H21N3O3/c1-5-11-14(15(20)18-13(9(2)3)16(21)22)19-8-10(4)6-7-12(19)17-11/h6-9,13H,5H2,1-4H3,(H,18,20)(H,21,22). The van der Waals surface area contributed by atoms with E-state index in [4.69, 9.17) is 0 Å². The van der Waals surface area contributed by atoms with Gasteiger partial charge in [-0.3, -0.25) is 9.20 Å². The predicted molar refractivity (Wildman–Crippen MR) is 83.0 cm³/mol. The molecule has 0 fully saturated rings. The van der Waals surface area contributed by atoms with Crippen LogP contribution in [0.4, 0.5) is 0 Å². The van der Waals surface area contributed by atoms with Gasteiger partial charge in [0.15, 0.2) is 0 Å². The van der Waals surface area contributed by atoms with Crippen LogP contribution in [0.15, 0.2) is 18.3 Å². The van der Waals surface area contributed by atoms with Crippen molar-refractivity contribution in [2.24, 2.45) is 5.92 Å². The summed E-state index contributed by atoms with van der Waals surface area (Å²) in [6, 6.07) is 2.85. The maximum atomic E-state index is 12.6. The quantitative estimate of drug-likeness (QED) is 0.885. The minimum absolute atomic E-state index is 0.201. The number of aliphatic carboxylic acids is 1. The van der Waals surface area contributed by atoms with Crippen molar-refractivity contribution >= 4 is 17.5 Å². The molecule has 2 rings (SSSR count). The summed E-state index contributed by atoms with van der Waals surface area (Å²) in [5, 5.41) is 11.8. The third-order valence-electron chi connectivity index (χ3n) is 3.61. The third-order valence-corrected chi connectivity index (χ3v) is 3.61. The topological polar surface area (TPSA) is 83.7 Å². The Labute approximate surface area is 129 Å². The first-order valence-electron chi connectivity index (χ1n) is 7.36. The Morgan fingerprint density at radius 3 is 2.59 bits per heavy atom. The molecule has 0 aliphatic rings. The summed E-state index contributed by atoms with van der Waals surface area (Å²) in [5.41, 5.74) is 2.76. The monoisotopic (exact) mass is 303 g/mol. The average Bonchev–Trinajstić information content (AvgIpc) is 2.81. The number of aryl methyl sites for hydroxylation is 2. The maximum Gasteiger partial charge on any atom is 0.326 e. The number of fused-ring (bicyclic) bond motifs is 1. The number of carboxylic acid groups (broad SMARTS) is 1. The van der Waals surface area contributed by atoms with Crippen LogP contribution < -0.4 is 5.32 Å². The fraction of sp³-hybridized carbons (Fsp3) is 0.438. The van der Waals surface area contributed by atoms with Crippen molar-refractivity contribution in [2.75, 3.05) is 0 Å². The van der Waals surface area contributed by atoms with Crippen molar-refractivity contribution in [3.63, 3.8) is 0 Å². The molecule has 0 spiro atoms. The number of carbonyl (C=O) groups is 2. The number of carbonyl (C=O) groups excluding carboxylic acids is 1. The van der Waals surface area contributed by atoms with Gasteiger partial charge in [0.2, 0.25) is 0 Å². The Morgan fingerprint density at radius 2 is 2.05 bits per heavy atom. The number of carboxylic acids is 1. The number of nitrogens with zero attached hydrogens (tertiary/aromatic N) is 2. The van der Waals surface area contributed by atoms with Gasteiger partial charge in [0.25, 0.3) is 5.91 Å². The first kappa shape index (κ1) is 16.0. The second kappa shape index (κ2) is 6.17. The first-order valence-corrected chi connectivity index (χ1v) is 7.36. The molecule has 2 aromatic rings. The van der Waals surface area contributed by atoms with Crippen LogP contribution in [-0.4, -0.2) is 32.4 Å². The normalized spacial score (nSPS) is 12.6. The van der Waals surface area contributed by atoms with Crippen LogP contribution in [0.5, 0.6) is 0 Å². The van der Waals surface area contributed by atoms with Gasteiger partial charge in [0, 0.05) is 6.20 Å². The number of aromatic nitrogens is 2. The van der Waals surface area contributed by atoms with Gasteiger partial charge in [-0.25, -0.2) is 9.78 Å². The first-order chi connectivity index (χ1) is 10.3. The summed E-state index contributed by atoms with van der Waals surface area (Å²) in [4.78, 5) is 28.3. The zero-order valence-electron chi connectivity index (χ0n) is 13.3. The molecule has 6 nitrogen and oxygen atoms in total. The van der Waals surface area contributed by atoms with E-state index >= 15 is 0 Å². The Kier molecular flexibility index (Phi) is 4.49. The lowest BCUT2D eigenvalue weighted by Gasteiger charge is -2.18. The van der Waals surface area contributed by atoms with Gasteiger partial charge >= 0.3 is 5.97 Å². The average molecular weight is 303 g/mol. The summed E-state index contributed by atoms with van der Waals surface area (Å²) in [5.74, 6) is -1.64. The fourth-order valence-electron chi connectivity index (χ4n) is 2.41. The van der Waals surface area contributed by atoms with Crippen molar-refractivity contribution in [2.45, 2.75) is 40.2 Å². The molecule has 118 valence electrons. The van der Waals surface area contributed by atoms with Crippen LogP contribution in [0, 0.1) is 12.8 Å². The second-order valence-corrected chi connectivity index (χ2v) is 5.73. The van der Waals surface area contributed by atoms with Crippen LogP contribution in [-0.2, 0) is 11.2 Å². The molecule has 6 heteroatoms. The van der Waals surface area contributed by atoms with Gasteiger partial charge in [-0.1, -0.05) is 26.8 Å². The molecule has 0 aliphatic carbocycles. The Morgan fingerprint density at radius 1 is 1.36 bits per heavy atom. The molecule has 0 aliphatic heterocycles. The molecule has 0 saturated carbocycles. The van der Waals surface area contributed by atoms with E-state index in [1.54, 1.807) is 18.2 Å². The lowest BCUT2D eigenvalue weighted by atomic mass is 10.0. The van der Waals surface area contributed by atoms with E-state index in [0.29, 0.717) is 23.5 Å². The lowest BCUT2D eigenvalue weighted by molar-refractivity contribution is -0.140. The molecule has 0 radical (unpaired) electrons. The van der Waals surface area contributed by atoms with E-state index in [9.17, 15) is 14.7 Å². The van der Waals surface area contributed by atoms with Crippen LogP contribution in [0.3, 0.4) is 0 Å². The minimum Gasteiger partial charge on any atom is -0.480 e. The lowest BCUT2D eigenvalue weighted by Crippen LogP contribution is -2.44. The van der Waals surface area contributed by atoms with E-state index in [1.165, 1.54) is 0 Å². The smallest absolute Gasteiger partial charge is 0.326 e. The molecule has 2 N–H and O–H groups in total. The SMILES string of the molecule is CCc1nc2ccc(C)cn2c1C(=O)NC(C(=O)O)C(C)C.